The predicted octanol–water partition coefficient (Wildman–Crippen LogP) is 4.30. The van der Waals surface area contributed by atoms with E-state index in [0.717, 1.165) is 4.47 Å². The number of anilines is 1. The van der Waals surface area contributed by atoms with Gasteiger partial charge in [-0.05, 0) is 42.5 Å². The van der Waals surface area contributed by atoms with Crippen molar-refractivity contribution in [2.75, 3.05) is 18.5 Å². The fourth-order valence-corrected chi connectivity index (χ4v) is 2.99. The smallest absolute Gasteiger partial charge is 0.291 e. The van der Waals surface area contributed by atoms with Crippen LogP contribution >= 0.6 is 15.9 Å². The van der Waals surface area contributed by atoms with Crippen LogP contribution in [0.4, 0.5) is 5.69 Å². The predicted molar refractivity (Wildman–Crippen MR) is 102 cm³/mol. The molecule has 0 saturated carbocycles. The minimum atomic E-state index is -0.457. The molecule has 1 amide bonds. The van der Waals surface area contributed by atoms with Crippen LogP contribution in [-0.2, 0) is 0 Å². The van der Waals surface area contributed by atoms with Crippen LogP contribution in [0.1, 0.15) is 26.5 Å². The standard InChI is InChI=1S/C20H14BrNO5/c21-13-5-3-12(4-6-13)19(23)14-10-17-18(27-9-8-26-17)11-15(14)22-20(24)16-2-1-7-25-16/h1-7,10-11H,8-9H2,(H,22,24). The Kier molecular flexibility index (Phi) is 4.68. The first kappa shape index (κ1) is 17.4. The molecule has 0 saturated heterocycles. The molecule has 0 fully saturated rings. The number of rotatable bonds is 4. The lowest BCUT2D eigenvalue weighted by molar-refractivity contribution is 0.0996. The van der Waals surface area contributed by atoms with Crippen molar-refractivity contribution in [2.45, 2.75) is 0 Å². The molecule has 6 nitrogen and oxygen atoms in total. The molecule has 0 bridgehead atoms. The van der Waals surface area contributed by atoms with E-state index in [2.05, 4.69) is 21.2 Å². The van der Waals surface area contributed by atoms with Gasteiger partial charge in [-0.25, -0.2) is 0 Å². The zero-order valence-electron chi connectivity index (χ0n) is 14.0. The third-order valence-corrected chi connectivity index (χ3v) is 4.56. The largest absolute Gasteiger partial charge is 0.486 e. The van der Waals surface area contributed by atoms with E-state index in [-0.39, 0.29) is 11.5 Å². The van der Waals surface area contributed by atoms with Gasteiger partial charge in [0.2, 0.25) is 0 Å². The van der Waals surface area contributed by atoms with Crippen molar-refractivity contribution in [3.8, 4) is 11.5 Å². The van der Waals surface area contributed by atoms with E-state index in [9.17, 15) is 9.59 Å². The van der Waals surface area contributed by atoms with E-state index in [1.165, 1.54) is 6.26 Å². The van der Waals surface area contributed by atoms with Gasteiger partial charge in [0.1, 0.15) is 13.2 Å². The molecule has 136 valence electrons. The summed E-state index contributed by atoms with van der Waals surface area (Å²) in [5, 5.41) is 2.73. The molecular weight excluding hydrogens is 414 g/mol. The normalized spacial score (nSPS) is 12.5. The number of nitrogens with one attached hydrogen (secondary N) is 1. The number of carbonyl (C=O) groups is 2. The average molecular weight is 428 g/mol. The Morgan fingerprint density at radius 1 is 0.963 bits per heavy atom. The number of benzene rings is 2. The van der Waals surface area contributed by atoms with Crippen LogP contribution < -0.4 is 14.8 Å². The highest BCUT2D eigenvalue weighted by Gasteiger charge is 2.23. The zero-order valence-corrected chi connectivity index (χ0v) is 15.6. The van der Waals surface area contributed by atoms with E-state index in [0.29, 0.717) is 41.5 Å². The van der Waals surface area contributed by atoms with Crippen LogP contribution in [0.5, 0.6) is 11.5 Å². The molecule has 2 aromatic carbocycles. The van der Waals surface area contributed by atoms with Gasteiger partial charge in [0.15, 0.2) is 23.0 Å². The summed E-state index contributed by atoms with van der Waals surface area (Å²) in [4.78, 5) is 25.5. The third-order valence-electron chi connectivity index (χ3n) is 4.03. The summed E-state index contributed by atoms with van der Waals surface area (Å²) in [5.41, 5.74) is 1.12. The number of fused-ring (bicyclic) bond motifs is 1. The van der Waals surface area contributed by atoms with Crippen LogP contribution in [0.3, 0.4) is 0 Å². The molecule has 0 unspecified atom stereocenters. The minimum Gasteiger partial charge on any atom is -0.486 e. The van der Waals surface area contributed by atoms with Crippen molar-refractivity contribution in [3.05, 3.63) is 76.2 Å². The van der Waals surface area contributed by atoms with Gasteiger partial charge in [-0.1, -0.05) is 15.9 Å². The summed E-state index contributed by atoms with van der Waals surface area (Å²) >= 11 is 3.35. The monoisotopic (exact) mass is 427 g/mol. The fraction of sp³-hybridized carbons (Fsp3) is 0.100. The average Bonchev–Trinajstić information content (AvgIpc) is 3.22. The second-order valence-electron chi connectivity index (χ2n) is 5.81. The third kappa shape index (κ3) is 3.59. The van der Waals surface area contributed by atoms with E-state index in [1.54, 1.807) is 48.5 Å². The van der Waals surface area contributed by atoms with Gasteiger partial charge >= 0.3 is 0 Å². The van der Waals surface area contributed by atoms with Gasteiger partial charge in [-0.3, -0.25) is 9.59 Å². The van der Waals surface area contributed by atoms with E-state index < -0.39 is 5.91 Å². The van der Waals surface area contributed by atoms with Crippen LogP contribution in [0.2, 0.25) is 0 Å². The molecule has 0 atom stereocenters. The molecule has 0 spiro atoms. The maximum atomic E-state index is 13.0. The highest BCUT2D eigenvalue weighted by atomic mass is 79.9. The Morgan fingerprint density at radius 3 is 2.33 bits per heavy atom. The molecule has 3 aromatic rings. The van der Waals surface area contributed by atoms with Gasteiger partial charge in [-0.2, -0.15) is 0 Å². The second kappa shape index (κ2) is 7.28. The van der Waals surface area contributed by atoms with Crippen LogP contribution in [-0.4, -0.2) is 24.9 Å². The molecular formula is C20H14BrNO5. The summed E-state index contributed by atoms with van der Waals surface area (Å²) in [6.45, 7) is 0.801. The van der Waals surface area contributed by atoms with Gasteiger partial charge < -0.3 is 19.2 Å². The van der Waals surface area contributed by atoms with Crippen molar-refractivity contribution < 1.29 is 23.5 Å². The van der Waals surface area contributed by atoms with Crippen molar-refractivity contribution in [3.63, 3.8) is 0 Å². The molecule has 1 aromatic heterocycles. The zero-order chi connectivity index (χ0) is 18.8. The lowest BCUT2D eigenvalue weighted by Crippen LogP contribution is -2.19. The molecule has 0 radical (unpaired) electrons. The first-order chi connectivity index (χ1) is 13.1. The number of furan rings is 1. The Balaban J connectivity index is 1.75. The van der Waals surface area contributed by atoms with Crippen molar-refractivity contribution in [1.29, 1.82) is 0 Å². The van der Waals surface area contributed by atoms with Crippen LogP contribution in [0.15, 0.2) is 63.7 Å². The molecule has 1 aliphatic rings. The van der Waals surface area contributed by atoms with Gasteiger partial charge in [-0.15, -0.1) is 0 Å². The lowest BCUT2D eigenvalue weighted by atomic mass is 10.0. The van der Waals surface area contributed by atoms with Gasteiger partial charge in [0, 0.05) is 16.1 Å². The van der Waals surface area contributed by atoms with E-state index in [1.807, 2.05) is 0 Å². The van der Waals surface area contributed by atoms with Gasteiger partial charge in [0.05, 0.1) is 17.5 Å². The number of hydrogen-bond acceptors (Lipinski definition) is 5. The summed E-state index contributed by atoms with van der Waals surface area (Å²) in [5.74, 6) is 0.392. The number of ether oxygens (including phenoxy) is 2. The van der Waals surface area contributed by atoms with E-state index in [4.69, 9.17) is 13.9 Å². The molecule has 4 rings (SSSR count). The second-order valence-corrected chi connectivity index (χ2v) is 6.72. The molecule has 0 aliphatic carbocycles. The Labute approximate surface area is 163 Å². The summed E-state index contributed by atoms with van der Waals surface area (Å²) in [7, 11) is 0. The topological polar surface area (TPSA) is 77.8 Å². The molecule has 7 heteroatoms. The van der Waals surface area contributed by atoms with Crippen LogP contribution in [0.25, 0.3) is 0 Å². The summed E-state index contributed by atoms with van der Waals surface area (Å²) < 4.78 is 17.1. The Hall–Kier alpha value is -3.06. The summed E-state index contributed by atoms with van der Waals surface area (Å²) in [6, 6.07) is 13.3. The van der Waals surface area contributed by atoms with E-state index >= 15 is 0 Å². The highest BCUT2D eigenvalue weighted by molar-refractivity contribution is 9.10. The number of halogens is 1. The van der Waals surface area contributed by atoms with Crippen molar-refractivity contribution in [1.82, 2.24) is 0 Å². The molecule has 1 N–H and O–H groups in total. The highest BCUT2D eigenvalue weighted by Crippen LogP contribution is 2.37. The quantitative estimate of drug-likeness (QED) is 0.628. The maximum absolute atomic E-state index is 13.0. The Bertz CT molecular complexity index is 996. The van der Waals surface area contributed by atoms with Gasteiger partial charge in [0.25, 0.3) is 5.91 Å². The SMILES string of the molecule is O=C(Nc1cc2c(cc1C(=O)c1ccc(Br)cc1)OCCO2)c1ccco1. The number of ketones is 1. The number of carbonyl (C=O) groups excluding carboxylic acids is 2. The first-order valence-corrected chi connectivity index (χ1v) is 9.00. The van der Waals surface area contributed by atoms with Crippen LogP contribution in [0, 0.1) is 0 Å². The minimum absolute atomic E-state index is 0.145. The first-order valence-electron chi connectivity index (χ1n) is 8.20. The number of amides is 1. The summed E-state index contributed by atoms with van der Waals surface area (Å²) in [6.07, 6.45) is 1.41. The maximum Gasteiger partial charge on any atom is 0.291 e. The fourth-order valence-electron chi connectivity index (χ4n) is 2.73. The molecule has 27 heavy (non-hydrogen) atoms. The number of hydrogen-bond donors (Lipinski definition) is 1. The molecule has 1 aliphatic heterocycles. The lowest BCUT2D eigenvalue weighted by Gasteiger charge is -2.21. The Morgan fingerprint density at radius 2 is 1.67 bits per heavy atom. The molecule has 2 heterocycles. The van der Waals surface area contributed by atoms with Crippen molar-refractivity contribution in [2.24, 2.45) is 0 Å². The van der Waals surface area contributed by atoms with Crippen molar-refractivity contribution >= 4 is 33.3 Å².